The van der Waals surface area contributed by atoms with Gasteiger partial charge in [0.15, 0.2) is 12.0 Å². The quantitative estimate of drug-likeness (QED) is 0.668. The highest BCUT2D eigenvalue weighted by atomic mass is 16.5. The SMILES string of the molecule is COC(=O)c1ncccc1COc1cccc(O)c1C=O. The molecule has 0 aliphatic heterocycles. The summed E-state index contributed by atoms with van der Waals surface area (Å²) < 4.78 is 10.1. The molecule has 1 aromatic carbocycles. The van der Waals surface area contributed by atoms with Gasteiger partial charge in [0, 0.05) is 11.8 Å². The molecule has 1 heterocycles. The van der Waals surface area contributed by atoms with Crippen molar-refractivity contribution in [2.75, 3.05) is 7.11 Å². The van der Waals surface area contributed by atoms with Crippen molar-refractivity contribution in [3.63, 3.8) is 0 Å². The number of rotatable bonds is 5. The summed E-state index contributed by atoms with van der Waals surface area (Å²) in [5.41, 5.74) is 0.721. The number of aromatic hydroxyl groups is 1. The Labute approximate surface area is 121 Å². The van der Waals surface area contributed by atoms with Gasteiger partial charge < -0.3 is 14.6 Å². The third kappa shape index (κ3) is 3.17. The van der Waals surface area contributed by atoms with E-state index in [1.165, 1.54) is 19.4 Å². The van der Waals surface area contributed by atoms with Crippen LogP contribution >= 0.6 is 0 Å². The number of nitrogens with zero attached hydrogens (tertiary/aromatic N) is 1. The zero-order valence-electron chi connectivity index (χ0n) is 11.3. The summed E-state index contributed by atoms with van der Waals surface area (Å²) in [6.07, 6.45) is 1.98. The standard InChI is InChI=1S/C15H13NO5/c1-20-15(19)14-10(4-3-7-16-14)9-21-13-6-2-5-12(18)11(13)8-17/h2-8,18H,9H2,1H3. The van der Waals surface area contributed by atoms with Crippen LogP contribution in [0.4, 0.5) is 0 Å². The van der Waals surface area contributed by atoms with Crippen molar-refractivity contribution >= 4 is 12.3 Å². The number of aromatic nitrogens is 1. The molecule has 21 heavy (non-hydrogen) atoms. The monoisotopic (exact) mass is 287 g/mol. The zero-order chi connectivity index (χ0) is 15.2. The molecular formula is C15H13NO5. The van der Waals surface area contributed by atoms with Crippen LogP contribution in [0.2, 0.25) is 0 Å². The number of pyridine rings is 1. The lowest BCUT2D eigenvalue weighted by molar-refractivity contribution is 0.0590. The second-order valence-electron chi connectivity index (χ2n) is 4.10. The second kappa shape index (κ2) is 6.51. The molecule has 1 N–H and O–H groups in total. The Balaban J connectivity index is 2.23. The molecular weight excluding hydrogens is 274 g/mol. The first-order valence-electron chi connectivity index (χ1n) is 6.09. The lowest BCUT2D eigenvalue weighted by Crippen LogP contribution is -2.10. The normalized spacial score (nSPS) is 9.95. The molecule has 0 fully saturated rings. The number of hydrogen-bond donors (Lipinski definition) is 1. The van der Waals surface area contributed by atoms with Gasteiger partial charge in [-0.1, -0.05) is 12.1 Å². The van der Waals surface area contributed by atoms with E-state index in [0.29, 0.717) is 11.8 Å². The van der Waals surface area contributed by atoms with E-state index < -0.39 is 5.97 Å². The number of carbonyl (C=O) groups excluding carboxylic acids is 2. The highest BCUT2D eigenvalue weighted by Gasteiger charge is 2.14. The number of ether oxygens (including phenoxy) is 2. The third-order valence-corrected chi connectivity index (χ3v) is 2.81. The maximum atomic E-state index is 11.6. The molecule has 0 radical (unpaired) electrons. The molecule has 0 aliphatic rings. The fourth-order valence-electron chi connectivity index (χ4n) is 1.77. The lowest BCUT2D eigenvalue weighted by atomic mass is 10.2. The Hall–Kier alpha value is -2.89. The van der Waals surface area contributed by atoms with Gasteiger partial charge in [0.25, 0.3) is 0 Å². The maximum absolute atomic E-state index is 11.6. The molecule has 1 aromatic heterocycles. The van der Waals surface area contributed by atoms with Crippen molar-refractivity contribution in [1.29, 1.82) is 0 Å². The minimum absolute atomic E-state index is 0.0164. The average molecular weight is 287 g/mol. The van der Waals surface area contributed by atoms with E-state index in [4.69, 9.17) is 4.74 Å². The number of esters is 1. The van der Waals surface area contributed by atoms with Crippen LogP contribution in [0, 0.1) is 0 Å². The van der Waals surface area contributed by atoms with Gasteiger partial charge in [-0.05, 0) is 18.2 Å². The first kappa shape index (κ1) is 14.5. The summed E-state index contributed by atoms with van der Waals surface area (Å²) in [5.74, 6) is -0.507. The van der Waals surface area contributed by atoms with Crippen molar-refractivity contribution in [2.45, 2.75) is 6.61 Å². The minimum atomic E-state index is -0.569. The van der Waals surface area contributed by atoms with Crippen LogP contribution in [-0.4, -0.2) is 29.5 Å². The van der Waals surface area contributed by atoms with Gasteiger partial charge in [0.2, 0.25) is 0 Å². The van der Waals surface area contributed by atoms with Crippen LogP contribution in [-0.2, 0) is 11.3 Å². The van der Waals surface area contributed by atoms with E-state index in [9.17, 15) is 14.7 Å². The van der Waals surface area contributed by atoms with Gasteiger partial charge in [0.05, 0.1) is 12.7 Å². The van der Waals surface area contributed by atoms with E-state index in [2.05, 4.69) is 9.72 Å². The first-order valence-corrected chi connectivity index (χ1v) is 6.09. The number of aldehydes is 1. The summed E-state index contributed by atoms with van der Waals surface area (Å²) in [5, 5.41) is 9.57. The molecule has 6 nitrogen and oxygen atoms in total. The highest BCUT2D eigenvalue weighted by Crippen LogP contribution is 2.26. The molecule has 0 aliphatic carbocycles. The van der Waals surface area contributed by atoms with Crippen LogP contribution in [0.5, 0.6) is 11.5 Å². The smallest absolute Gasteiger partial charge is 0.357 e. The molecule has 6 heteroatoms. The molecule has 0 atom stereocenters. The number of phenolic OH excluding ortho intramolecular Hbond substituents is 1. The largest absolute Gasteiger partial charge is 0.507 e. The van der Waals surface area contributed by atoms with E-state index in [1.54, 1.807) is 24.3 Å². The summed E-state index contributed by atoms with van der Waals surface area (Å²) in [6, 6.07) is 7.83. The number of carbonyl (C=O) groups is 2. The van der Waals surface area contributed by atoms with Crippen molar-refractivity contribution in [2.24, 2.45) is 0 Å². The van der Waals surface area contributed by atoms with Crippen LogP contribution in [0.1, 0.15) is 26.4 Å². The van der Waals surface area contributed by atoms with Crippen molar-refractivity contribution in [3.8, 4) is 11.5 Å². The summed E-state index contributed by atoms with van der Waals surface area (Å²) in [7, 11) is 1.27. The van der Waals surface area contributed by atoms with Crippen molar-refractivity contribution < 1.29 is 24.2 Å². The Morgan fingerprint density at radius 2 is 2.14 bits per heavy atom. The van der Waals surface area contributed by atoms with Gasteiger partial charge in [-0.3, -0.25) is 4.79 Å². The lowest BCUT2D eigenvalue weighted by Gasteiger charge is -2.11. The van der Waals surface area contributed by atoms with Crippen LogP contribution in [0.15, 0.2) is 36.5 Å². The summed E-state index contributed by atoms with van der Waals surface area (Å²) in [6.45, 7) is 0.0164. The first-order chi connectivity index (χ1) is 10.2. The van der Waals surface area contributed by atoms with E-state index in [-0.39, 0.29) is 29.4 Å². The van der Waals surface area contributed by atoms with E-state index >= 15 is 0 Å². The predicted molar refractivity (Wildman–Crippen MR) is 73.4 cm³/mol. The molecule has 0 spiro atoms. The molecule has 0 saturated carbocycles. The number of phenols is 1. The number of methoxy groups -OCH3 is 1. The van der Waals surface area contributed by atoms with Crippen molar-refractivity contribution in [3.05, 3.63) is 53.3 Å². The second-order valence-corrected chi connectivity index (χ2v) is 4.10. The fraction of sp³-hybridized carbons (Fsp3) is 0.133. The molecule has 2 rings (SSSR count). The number of hydrogen-bond acceptors (Lipinski definition) is 6. The van der Waals surface area contributed by atoms with Gasteiger partial charge in [-0.25, -0.2) is 9.78 Å². The zero-order valence-corrected chi connectivity index (χ0v) is 11.3. The van der Waals surface area contributed by atoms with E-state index in [0.717, 1.165) is 0 Å². The Kier molecular flexibility index (Phi) is 4.50. The van der Waals surface area contributed by atoms with E-state index in [1.807, 2.05) is 0 Å². The molecule has 0 saturated heterocycles. The van der Waals surface area contributed by atoms with Gasteiger partial charge in [-0.2, -0.15) is 0 Å². The Bertz CT molecular complexity index is 669. The van der Waals surface area contributed by atoms with Crippen LogP contribution < -0.4 is 4.74 Å². The minimum Gasteiger partial charge on any atom is -0.507 e. The fourth-order valence-corrected chi connectivity index (χ4v) is 1.77. The Morgan fingerprint density at radius 1 is 1.33 bits per heavy atom. The van der Waals surface area contributed by atoms with Gasteiger partial charge in [0.1, 0.15) is 18.1 Å². The number of benzene rings is 1. The highest BCUT2D eigenvalue weighted by molar-refractivity contribution is 5.88. The van der Waals surface area contributed by atoms with Gasteiger partial charge >= 0.3 is 5.97 Å². The molecule has 0 unspecified atom stereocenters. The Morgan fingerprint density at radius 3 is 2.86 bits per heavy atom. The topological polar surface area (TPSA) is 85.7 Å². The molecule has 0 amide bonds. The molecule has 108 valence electrons. The summed E-state index contributed by atoms with van der Waals surface area (Å²) >= 11 is 0. The third-order valence-electron chi connectivity index (χ3n) is 2.81. The predicted octanol–water partition coefficient (Wildman–Crippen LogP) is 1.97. The molecule has 2 aromatic rings. The maximum Gasteiger partial charge on any atom is 0.357 e. The summed E-state index contributed by atoms with van der Waals surface area (Å²) in [4.78, 5) is 26.5. The average Bonchev–Trinajstić information content (AvgIpc) is 2.52. The van der Waals surface area contributed by atoms with Crippen LogP contribution in [0.25, 0.3) is 0 Å². The van der Waals surface area contributed by atoms with Crippen LogP contribution in [0.3, 0.4) is 0 Å². The molecule has 0 bridgehead atoms. The van der Waals surface area contributed by atoms with Crippen molar-refractivity contribution in [1.82, 2.24) is 4.98 Å². The van der Waals surface area contributed by atoms with Gasteiger partial charge in [-0.15, -0.1) is 0 Å².